The number of aryl methyl sites for hydroxylation is 1. The zero-order valence-corrected chi connectivity index (χ0v) is 8.49. The second kappa shape index (κ2) is 3.38. The normalized spacial score (nSPS) is 14.5. The number of esters is 2. The highest BCUT2D eigenvalue weighted by molar-refractivity contribution is 6.04. The molecule has 0 spiro atoms. The molecule has 0 aromatic heterocycles. The van der Waals surface area contributed by atoms with E-state index < -0.39 is 11.9 Å². The first kappa shape index (κ1) is 9.71. The van der Waals surface area contributed by atoms with Crippen molar-refractivity contribution in [1.82, 2.24) is 0 Å². The molecule has 0 radical (unpaired) electrons. The van der Waals surface area contributed by atoms with Gasteiger partial charge in [0.2, 0.25) is 0 Å². The van der Waals surface area contributed by atoms with Crippen molar-refractivity contribution in [1.29, 1.82) is 0 Å². The molecular weight excluding hydrogens is 196 g/mol. The number of benzene rings is 1. The Kier molecular flexibility index (Phi) is 2.19. The largest absolute Gasteiger partial charge is 0.496 e. The minimum atomic E-state index is -0.627. The van der Waals surface area contributed by atoms with Crippen molar-refractivity contribution in [2.24, 2.45) is 0 Å². The van der Waals surface area contributed by atoms with Crippen molar-refractivity contribution in [2.75, 3.05) is 7.11 Å². The summed E-state index contributed by atoms with van der Waals surface area (Å²) in [4.78, 5) is 22.5. The van der Waals surface area contributed by atoms with E-state index in [1.807, 2.05) is 6.92 Å². The molecule has 4 nitrogen and oxygen atoms in total. The number of carbonyl (C=O) groups is 2. The average molecular weight is 206 g/mol. The molecule has 15 heavy (non-hydrogen) atoms. The van der Waals surface area contributed by atoms with Crippen LogP contribution in [0.3, 0.4) is 0 Å². The molecule has 1 aliphatic rings. The molecule has 0 fully saturated rings. The molecule has 0 N–H and O–H groups in total. The highest BCUT2D eigenvalue weighted by atomic mass is 16.6. The lowest BCUT2D eigenvalue weighted by molar-refractivity contribution is -0.137. The lowest BCUT2D eigenvalue weighted by Gasteiger charge is -2.17. The monoisotopic (exact) mass is 206 g/mol. The van der Waals surface area contributed by atoms with Crippen molar-refractivity contribution >= 4 is 11.9 Å². The molecule has 1 aromatic carbocycles. The molecule has 2 rings (SSSR count). The van der Waals surface area contributed by atoms with Gasteiger partial charge in [0.05, 0.1) is 13.5 Å². The molecule has 78 valence electrons. The van der Waals surface area contributed by atoms with E-state index in [4.69, 9.17) is 4.74 Å². The van der Waals surface area contributed by atoms with Crippen molar-refractivity contribution in [3.63, 3.8) is 0 Å². The summed E-state index contributed by atoms with van der Waals surface area (Å²) in [6, 6.07) is 3.55. The molecule has 0 saturated carbocycles. The van der Waals surface area contributed by atoms with E-state index in [0.717, 1.165) is 5.56 Å². The van der Waals surface area contributed by atoms with Crippen LogP contribution in [-0.2, 0) is 16.0 Å². The molecule has 1 aromatic rings. The number of hydrogen-bond acceptors (Lipinski definition) is 4. The Bertz CT molecular complexity index is 448. The minimum Gasteiger partial charge on any atom is -0.496 e. The minimum absolute atomic E-state index is 0.124. The van der Waals surface area contributed by atoms with E-state index in [1.165, 1.54) is 7.11 Å². The average Bonchev–Trinajstić information content (AvgIpc) is 2.14. The number of ether oxygens (including phenoxy) is 2. The Labute approximate surface area is 86.8 Å². The predicted octanol–water partition coefficient (Wildman–Crippen LogP) is 1.24. The molecule has 0 unspecified atom stereocenters. The van der Waals surface area contributed by atoms with E-state index in [2.05, 4.69) is 4.74 Å². The first-order chi connectivity index (χ1) is 7.11. The third kappa shape index (κ3) is 1.58. The molecule has 0 bridgehead atoms. The highest BCUT2D eigenvalue weighted by Crippen LogP contribution is 2.28. The third-order valence-corrected chi connectivity index (χ3v) is 2.29. The number of hydrogen-bond donors (Lipinski definition) is 0. The molecule has 0 atom stereocenters. The van der Waals surface area contributed by atoms with Crippen LogP contribution in [0.2, 0.25) is 0 Å². The third-order valence-electron chi connectivity index (χ3n) is 2.29. The summed E-state index contributed by atoms with van der Waals surface area (Å²) in [5.41, 5.74) is 1.99. The zero-order chi connectivity index (χ0) is 11.0. The van der Waals surface area contributed by atoms with Crippen LogP contribution in [-0.4, -0.2) is 19.0 Å². The summed E-state index contributed by atoms with van der Waals surface area (Å²) in [6.07, 6.45) is 0.124. The number of fused-ring (bicyclic) bond motifs is 1. The second-order valence-electron chi connectivity index (χ2n) is 3.44. The summed E-state index contributed by atoms with van der Waals surface area (Å²) in [5.74, 6) is -0.680. The molecule has 0 aliphatic carbocycles. The molecule has 1 heterocycles. The maximum absolute atomic E-state index is 11.5. The Morgan fingerprint density at radius 1 is 1.33 bits per heavy atom. The summed E-state index contributed by atoms with van der Waals surface area (Å²) >= 11 is 0. The van der Waals surface area contributed by atoms with Crippen LogP contribution in [0.25, 0.3) is 0 Å². The van der Waals surface area contributed by atoms with E-state index >= 15 is 0 Å². The van der Waals surface area contributed by atoms with Crippen LogP contribution >= 0.6 is 0 Å². The summed E-state index contributed by atoms with van der Waals surface area (Å²) < 4.78 is 9.62. The maximum Gasteiger partial charge on any atom is 0.349 e. The fraction of sp³-hybridized carbons (Fsp3) is 0.273. The smallest absolute Gasteiger partial charge is 0.349 e. The Hall–Kier alpha value is -1.84. The van der Waals surface area contributed by atoms with Crippen LogP contribution < -0.4 is 4.74 Å². The predicted molar refractivity (Wildman–Crippen MR) is 51.9 cm³/mol. The van der Waals surface area contributed by atoms with Crippen molar-refractivity contribution in [2.45, 2.75) is 13.3 Å². The molecule has 0 saturated heterocycles. The van der Waals surface area contributed by atoms with Gasteiger partial charge < -0.3 is 9.47 Å². The van der Waals surface area contributed by atoms with E-state index in [1.54, 1.807) is 12.1 Å². The first-order valence-electron chi connectivity index (χ1n) is 4.54. The Morgan fingerprint density at radius 3 is 2.73 bits per heavy atom. The van der Waals surface area contributed by atoms with Gasteiger partial charge in [-0.2, -0.15) is 0 Å². The van der Waals surface area contributed by atoms with Gasteiger partial charge in [-0.3, -0.25) is 4.79 Å². The standard InChI is InChI=1S/C11H10O4/c1-6-3-7-5-9(12)15-11(13)10(7)8(4-6)14-2/h3-4H,5H2,1-2H3. The van der Waals surface area contributed by atoms with Gasteiger partial charge in [-0.15, -0.1) is 0 Å². The van der Waals surface area contributed by atoms with Crippen LogP contribution in [0.15, 0.2) is 12.1 Å². The second-order valence-corrected chi connectivity index (χ2v) is 3.44. The summed E-state index contributed by atoms with van der Waals surface area (Å²) in [6.45, 7) is 1.88. The Morgan fingerprint density at radius 2 is 2.07 bits per heavy atom. The summed E-state index contributed by atoms with van der Waals surface area (Å²) in [7, 11) is 1.48. The van der Waals surface area contributed by atoms with Crippen molar-refractivity contribution in [3.05, 3.63) is 28.8 Å². The summed E-state index contributed by atoms with van der Waals surface area (Å²) in [5, 5.41) is 0. The zero-order valence-electron chi connectivity index (χ0n) is 8.49. The quantitative estimate of drug-likeness (QED) is 0.512. The van der Waals surface area contributed by atoms with Crippen molar-refractivity contribution in [3.8, 4) is 5.75 Å². The van der Waals surface area contributed by atoms with E-state index in [-0.39, 0.29) is 6.42 Å². The van der Waals surface area contributed by atoms with Gasteiger partial charge >= 0.3 is 11.9 Å². The fourth-order valence-electron chi connectivity index (χ4n) is 1.70. The maximum atomic E-state index is 11.5. The fourth-order valence-corrected chi connectivity index (χ4v) is 1.70. The number of carbonyl (C=O) groups excluding carboxylic acids is 2. The lowest BCUT2D eigenvalue weighted by atomic mass is 9.99. The molecule has 1 aliphatic heterocycles. The van der Waals surface area contributed by atoms with Gasteiger partial charge in [-0.25, -0.2) is 4.79 Å². The highest BCUT2D eigenvalue weighted by Gasteiger charge is 2.28. The number of methoxy groups -OCH3 is 1. The molecule has 0 amide bonds. The van der Waals surface area contributed by atoms with Gasteiger partial charge in [-0.05, 0) is 24.1 Å². The van der Waals surface area contributed by atoms with Crippen LogP contribution in [0.4, 0.5) is 0 Å². The molecule has 4 heteroatoms. The van der Waals surface area contributed by atoms with Crippen LogP contribution in [0, 0.1) is 6.92 Å². The Balaban J connectivity index is 2.63. The van der Waals surface area contributed by atoms with Crippen LogP contribution in [0.1, 0.15) is 21.5 Å². The van der Waals surface area contributed by atoms with Gasteiger partial charge in [0.1, 0.15) is 11.3 Å². The SMILES string of the molecule is COc1cc(C)cc2c1C(=O)OC(=O)C2. The van der Waals surface area contributed by atoms with E-state index in [0.29, 0.717) is 16.9 Å². The lowest BCUT2D eigenvalue weighted by Crippen LogP contribution is -2.23. The van der Waals surface area contributed by atoms with Crippen molar-refractivity contribution < 1.29 is 19.1 Å². The number of rotatable bonds is 1. The van der Waals surface area contributed by atoms with Crippen LogP contribution in [0.5, 0.6) is 5.75 Å². The van der Waals surface area contributed by atoms with Gasteiger partial charge in [0.25, 0.3) is 0 Å². The number of cyclic esters (lactones) is 2. The van der Waals surface area contributed by atoms with Gasteiger partial charge in [-0.1, -0.05) is 6.07 Å². The first-order valence-corrected chi connectivity index (χ1v) is 4.54. The van der Waals surface area contributed by atoms with Gasteiger partial charge in [0.15, 0.2) is 0 Å². The topological polar surface area (TPSA) is 52.6 Å². The molecular formula is C11H10O4. The van der Waals surface area contributed by atoms with E-state index in [9.17, 15) is 9.59 Å². The van der Waals surface area contributed by atoms with Gasteiger partial charge in [0, 0.05) is 0 Å².